The summed E-state index contributed by atoms with van der Waals surface area (Å²) < 4.78 is 5.11. The fourth-order valence-electron chi connectivity index (χ4n) is 1.53. The van der Waals surface area contributed by atoms with Gasteiger partial charge in [0.05, 0.1) is 12.1 Å². The van der Waals surface area contributed by atoms with E-state index in [1.54, 1.807) is 11.8 Å². The van der Waals surface area contributed by atoms with Gasteiger partial charge in [-0.1, -0.05) is 0 Å². The zero-order valence-corrected chi connectivity index (χ0v) is 11.0. The van der Waals surface area contributed by atoms with Crippen molar-refractivity contribution in [2.75, 3.05) is 18.1 Å². The lowest BCUT2D eigenvalue weighted by atomic mass is 10.0. The van der Waals surface area contributed by atoms with Crippen LogP contribution in [-0.2, 0) is 4.74 Å². The average Bonchev–Trinajstić information content (AvgIpc) is 2.14. The van der Waals surface area contributed by atoms with Crippen LogP contribution in [0.15, 0.2) is 0 Å². The Morgan fingerprint density at radius 3 is 2.75 bits per heavy atom. The normalized spacial score (nSPS) is 26.2. The van der Waals surface area contributed by atoms with Crippen LogP contribution in [0, 0.1) is 0 Å². The number of rotatable bonds is 2. The minimum absolute atomic E-state index is 0.273. The SMILES string of the molecule is CC(C)(C)OC(=O)NCC1(O)CCCSC1. The number of alkyl carbamates (subject to hydrolysis) is 1. The van der Waals surface area contributed by atoms with Crippen molar-refractivity contribution >= 4 is 17.9 Å². The molecule has 5 heteroatoms. The Balaban J connectivity index is 2.30. The molecular weight excluding hydrogens is 226 g/mol. The fourth-order valence-corrected chi connectivity index (χ4v) is 2.65. The molecule has 0 radical (unpaired) electrons. The van der Waals surface area contributed by atoms with E-state index in [1.165, 1.54) is 0 Å². The van der Waals surface area contributed by atoms with Crippen LogP contribution in [0.4, 0.5) is 4.79 Å². The molecule has 1 heterocycles. The third-order valence-corrected chi connectivity index (χ3v) is 3.58. The molecule has 1 fully saturated rings. The molecule has 0 aliphatic carbocycles. The number of nitrogens with one attached hydrogen (secondary N) is 1. The van der Waals surface area contributed by atoms with Crippen molar-refractivity contribution in [2.45, 2.75) is 44.8 Å². The highest BCUT2D eigenvalue weighted by molar-refractivity contribution is 7.99. The molecule has 0 spiro atoms. The van der Waals surface area contributed by atoms with Gasteiger partial charge in [0.2, 0.25) is 0 Å². The van der Waals surface area contributed by atoms with Crippen LogP contribution < -0.4 is 5.32 Å². The predicted molar refractivity (Wildman–Crippen MR) is 65.7 cm³/mol. The van der Waals surface area contributed by atoms with E-state index < -0.39 is 17.3 Å². The minimum atomic E-state index is -0.764. The van der Waals surface area contributed by atoms with E-state index in [1.807, 2.05) is 20.8 Å². The maximum atomic E-state index is 11.4. The van der Waals surface area contributed by atoms with Gasteiger partial charge in [-0.2, -0.15) is 11.8 Å². The fraction of sp³-hybridized carbons (Fsp3) is 0.909. The van der Waals surface area contributed by atoms with Gasteiger partial charge in [0.25, 0.3) is 0 Å². The highest BCUT2D eigenvalue weighted by Gasteiger charge is 2.30. The largest absolute Gasteiger partial charge is 0.444 e. The number of ether oxygens (including phenoxy) is 1. The number of carbonyl (C=O) groups excluding carboxylic acids is 1. The van der Waals surface area contributed by atoms with Crippen LogP contribution in [0.5, 0.6) is 0 Å². The van der Waals surface area contributed by atoms with Gasteiger partial charge in [-0.3, -0.25) is 0 Å². The first-order valence-electron chi connectivity index (χ1n) is 5.58. The smallest absolute Gasteiger partial charge is 0.407 e. The molecule has 0 aromatic carbocycles. The van der Waals surface area contributed by atoms with Gasteiger partial charge >= 0.3 is 6.09 Å². The van der Waals surface area contributed by atoms with Gasteiger partial charge < -0.3 is 15.2 Å². The molecule has 2 N–H and O–H groups in total. The van der Waals surface area contributed by atoms with Crippen LogP contribution in [0.1, 0.15) is 33.6 Å². The third kappa shape index (κ3) is 5.07. The maximum absolute atomic E-state index is 11.4. The number of amides is 1. The number of carbonyl (C=O) groups is 1. The van der Waals surface area contributed by atoms with E-state index in [-0.39, 0.29) is 6.54 Å². The molecule has 1 aliphatic rings. The molecule has 0 saturated carbocycles. The number of aliphatic hydroxyl groups is 1. The first-order valence-corrected chi connectivity index (χ1v) is 6.73. The Kier molecular flexibility index (Phi) is 4.50. The molecule has 0 bridgehead atoms. The molecule has 4 nitrogen and oxygen atoms in total. The lowest BCUT2D eigenvalue weighted by Gasteiger charge is -2.32. The lowest BCUT2D eigenvalue weighted by Crippen LogP contribution is -2.47. The van der Waals surface area contributed by atoms with Gasteiger partial charge in [0.1, 0.15) is 5.60 Å². The summed E-state index contributed by atoms with van der Waals surface area (Å²) in [5.41, 5.74) is -1.26. The molecule has 0 aromatic rings. The lowest BCUT2D eigenvalue weighted by molar-refractivity contribution is 0.0302. The second-order valence-corrected chi connectivity index (χ2v) is 6.34. The molecule has 1 atom stereocenters. The minimum Gasteiger partial charge on any atom is -0.444 e. The Hall–Kier alpha value is -0.420. The summed E-state index contributed by atoms with van der Waals surface area (Å²) >= 11 is 1.72. The molecule has 94 valence electrons. The summed E-state index contributed by atoms with van der Waals surface area (Å²) in [4.78, 5) is 11.4. The molecule has 1 saturated heterocycles. The molecule has 0 aromatic heterocycles. The van der Waals surface area contributed by atoms with E-state index in [2.05, 4.69) is 5.32 Å². The molecular formula is C11H21NO3S. The summed E-state index contributed by atoms with van der Waals surface area (Å²) in [5.74, 6) is 1.78. The Labute approximate surface area is 101 Å². The summed E-state index contributed by atoms with van der Waals surface area (Å²) in [6, 6.07) is 0. The monoisotopic (exact) mass is 247 g/mol. The van der Waals surface area contributed by atoms with Crippen molar-refractivity contribution in [3.8, 4) is 0 Å². The van der Waals surface area contributed by atoms with E-state index in [4.69, 9.17) is 4.74 Å². The molecule has 1 unspecified atom stereocenters. The predicted octanol–water partition coefficient (Wildman–Crippen LogP) is 1.77. The van der Waals surface area contributed by atoms with Gasteiger partial charge in [-0.15, -0.1) is 0 Å². The second-order valence-electron chi connectivity index (χ2n) is 5.24. The van der Waals surface area contributed by atoms with Gasteiger partial charge in [-0.05, 0) is 39.4 Å². The zero-order valence-electron chi connectivity index (χ0n) is 10.2. The molecule has 1 rings (SSSR count). The second kappa shape index (κ2) is 5.27. The Morgan fingerprint density at radius 1 is 1.56 bits per heavy atom. The topological polar surface area (TPSA) is 58.6 Å². The first kappa shape index (κ1) is 13.6. The van der Waals surface area contributed by atoms with Crippen molar-refractivity contribution in [3.05, 3.63) is 0 Å². The summed E-state index contributed by atoms with van der Waals surface area (Å²) in [6.45, 7) is 5.72. The van der Waals surface area contributed by atoms with Crippen LogP contribution in [0.25, 0.3) is 0 Å². The van der Waals surface area contributed by atoms with E-state index in [9.17, 15) is 9.90 Å². The Morgan fingerprint density at radius 2 is 2.25 bits per heavy atom. The Bertz CT molecular complexity index is 244. The van der Waals surface area contributed by atoms with E-state index in [0.717, 1.165) is 18.6 Å². The summed E-state index contributed by atoms with van der Waals surface area (Å²) in [6.07, 6.45) is 1.28. The molecule has 16 heavy (non-hydrogen) atoms. The van der Waals surface area contributed by atoms with Crippen LogP contribution >= 0.6 is 11.8 Å². The number of hydrogen-bond acceptors (Lipinski definition) is 4. The third-order valence-electron chi connectivity index (χ3n) is 2.26. The molecule has 1 amide bonds. The average molecular weight is 247 g/mol. The summed E-state index contributed by atoms with van der Waals surface area (Å²) in [5, 5.41) is 12.8. The zero-order chi connectivity index (χ0) is 12.2. The van der Waals surface area contributed by atoms with Crippen molar-refractivity contribution in [2.24, 2.45) is 0 Å². The van der Waals surface area contributed by atoms with Crippen molar-refractivity contribution in [1.82, 2.24) is 5.32 Å². The van der Waals surface area contributed by atoms with Crippen molar-refractivity contribution in [1.29, 1.82) is 0 Å². The van der Waals surface area contributed by atoms with E-state index in [0.29, 0.717) is 5.75 Å². The molecule has 1 aliphatic heterocycles. The van der Waals surface area contributed by atoms with Crippen molar-refractivity contribution in [3.63, 3.8) is 0 Å². The number of hydrogen-bond donors (Lipinski definition) is 2. The van der Waals surface area contributed by atoms with Crippen LogP contribution in [0.2, 0.25) is 0 Å². The van der Waals surface area contributed by atoms with Crippen molar-refractivity contribution < 1.29 is 14.6 Å². The van der Waals surface area contributed by atoms with Crippen LogP contribution in [0.3, 0.4) is 0 Å². The number of thioether (sulfide) groups is 1. The van der Waals surface area contributed by atoms with Gasteiger partial charge in [0, 0.05) is 5.75 Å². The quantitative estimate of drug-likeness (QED) is 0.781. The van der Waals surface area contributed by atoms with Gasteiger partial charge in [-0.25, -0.2) is 4.79 Å². The highest BCUT2D eigenvalue weighted by atomic mass is 32.2. The standard InChI is InChI=1S/C11H21NO3S/c1-10(2,3)15-9(13)12-7-11(14)5-4-6-16-8-11/h14H,4-8H2,1-3H3,(H,12,13). The summed E-state index contributed by atoms with van der Waals surface area (Å²) in [7, 11) is 0. The van der Waals surface area contributed by atoms with Crippen LogP contribution in [-0.4, -0.2) is 40.5 Å². The van der Waals surface area contributed by atoms with E-state index >= 15 is 0 Å². The highest BCUT2D eigenvalue weighted by Crippen LogP contribution is 2.25. The van der Waals surface area contributed by atoms with Gasteiger partial charge in [0.15, 0.2) is 0 Å². The first-order chi connectivity index (χ1) is 7.31. The maximum Gasteiger partial charge on any atom is 0.407 e.